The Morgan fingerprint density at radius 2 is 2.21 bits per heavy atom. The maximum atomic E-state index is 10.9. The molecule has 1 rings (SSSR count). The molecule has 2 N–H and O–H groups in total. The summed E-state index contributed by atoms with van der Waals surface area (Å²) >= 11 is 0. The third kappa shape index (κ3) is 2.02. The standard InChI is InChI=1S/C10H14N2O2/c1-4-11-8-5-6(2)9(10(13)14)7(3)12-8/h5H,4H2,1-3H3,(H,11,12)(H,13,14). The summed E-state index contributed by atoms with van der Waals surface area (Å²) in [7, 11) is 0. The van der Waals surface area contributed by atoms with Crippen molar-refractivity contribution in [3.05, 3.63) is 22.9 Å². The highest BCUT2D eigenvalue weighted by Crippen LogP contribution is 2.16. The van der Waals surface area contributed by atoms with Gasteiger partial charge in [-0.05, 0) is 32.4 Å². The number of aromatic carboxylic acids is 1. The van der Waals surface area contributed by atoms with Crippen molar-refractivity contribution in [1.29, 1.82) is 0 Å². The summed E-state index contributed by atoms with van der Waals surface area (Å²) in [5.41, 5.74) is 1.58. The summed E-state index contributed by atoms with van der Waals surface area (Å²) in [6.07, 6.45) is 0. The third-order valence-corrected chi connectivity index (χ3v) is 1.97. The van der Waals surface area contributed by atoms with E-state index in [2.05, 4.69) is 10.3 Å². The molecule has 0 aliphatic rings. The van der Waals surface area contributed by atoms with E-state index >= 15 is 0 Å². The number of carbonyl (C=O) groups is 1. The predicted molar refractivity (Wildman–Crippen MR) is 54.8 cm³/mol. The number of nitrogens with one attached hydrogen (secondary N) is 1. The second-order valence-corrected chi connectivity index (χ2v) is 3.12. The zero-order valence-electron chi connectivity index (χ0n) is 8.59. The van der Waals surface area contributed by atoms with Gasteiger partial charge in [0.05, 0.1) is 11.3 Å². The van der Waals surface area contributed by atoms with Gasteiger partial charge in [-0.1, -0.05) is 0 Å². The third-order valence-electron chi connectivity index (χ3n) is 1.97. The van der Waals surface area contributed by atoms with Crippen molar-refractivity contribution in [3.8, 4) is 0 Å². The van der Waals surface area contributed by atoms with Crippen LogP contribution in [-0.4, -0.2) is 22.6 Å². The summed E-state index contributed by atoms with van der Waals surface area (Å²) in [4.78, 5) is 15.0. The monoisotopic (exact) mass is 194 g/mol. The highest BCUT2D eigenvalue weighted by Gasteiger charge is 2.12. The molecule has 0 aliphatic heterocycles. The second-order valence-electron chi connectivity index (χ2n) is 3.12. The van der Waals surface area contributed by atoms with Crippen molar-refractivity contribution >= 4 is 11.8 Å². The average molecular weight is 194 g/mol. The maximum absolute atomic E-state index is 10.9. The summed E-state index contributed by atoms with van der Waals surface area (Å²) in [6.45, 7) is 6.23. The van der Waals surface area contributed by atoms with E-state index in [1.165, 1.54) is 0 Å². The molecule has 0 bridgehead atoms. The van der Waals surface area contributed by atoms with Crippen molar-refractivity contribution in [2.75, 3.05) is 11.9 Å². The van der Waals surface area contributed by atoms with Crippen LogP contribution in [0.15, 0.2) is 6.07 Å². The van der Waals surface area contributed by atoms with Crippen LogP contribution in [0.5, 0.6) is 0 Å². The zero-order chi connectivity index (χ0) is 10.7. The van der Waals surface area contributed by atoms with Crippen LogP contribution in [-0.2, 0) is 0 Å². The van der Waals surface area contributed by atoms with Gasteiger partial charge in [-0.3, -0.25) is 0 Å². The molecule has 1 aromatic heterocycles. The molecule has 0 saturated heterocycles. The van der Waals surface area contributed by atoms with Crippen LogP contribution in [0.2, 0.25) is 0 Å². The number of pyridine rings is 1. The number of aromatic nitrogens is 1. The Morgan fingerprint density at radius 3 is 2.64 bits per heavy atom. The minimum Gasteiger partial charge on any atom is -0.478 e. The van der Waals surface area contributed by atoms with Gasteiger partial charge in [0.2, 0.25) is 0 Å². The Bertz CT molecular complexity index is 338. The lowest BCUT2D eigenvalue weighted by Crippen LogP contribution is -2.08. The van der Waals surface area contributed by atoms with Crippen LogP contribution in [0.1, 0.15) is 28.5 Å². The summed E-state index contributed by atoms with van der Waals surface area (Å²) in [5.74, 6) is -0.192. The lowest BCUT2D eigenvalue weighted by atomic mass is 10.1. The Hall–Kier alpha value is -1.58. The van der Waals surface area contributed by atoms with Crippen LogP contribution < -0.4 is 5.32 Å². The van der Waals surface area contributed by atoms with Gasteiger partial charge in [-0.25, -0.2) is 9.78 Å². The topological polar surface area (TPSA) is 62.2 Å². The van der Waals surface area contributed by atoms with E-state index in [0.29, 0.717) is 11.3 Å². The number of aryl methyl sites for hydroxylation is 2. The Morgan fingerprint density at radius 1 is 1.57 bits per heavy atom. The first kappa shape index (κ1) is 10.5. The number of nitrogens with zero attached hydrogens (tertiary/aromatic N) is 1. The minimum atomic E-state index is -0.921. The molecular weight excluding hydrogens is 180 g/mol. The first-order valence-corrected chi connectivity index (χ1v) is 4.51. The van der Waals surface area contributed by atoms with Crippen LogP contribution in [0.25, 0.3) is 0 Å². The minimum absolute atomic E-state index is 0.298. The van der Waals surface area contributed by atoms with E-state index in [1.807, 2.05) is 6.92 Å². The molecule has 0 spiro atoms. The maximum Gasteiger partial charge on any atom is 0.337 e. The van der Waals surface area contributed by atoms with E-state index in [-0.39, 0.29) is 0 Å². The van der Waals surface area contributed by atoms with Gasteiger partial charge in [-0.15, -0.1) is 0 Å². The van der Waals surface area contributed by atoms with E-state index in [1.54, 1.807) is 19.9 Å². The van der Waals surface area contributed by atoms with Crippen LogP contribution in [0, 0.1) is 13.8 Å². The average Bonchev–Trinajstić information content (AvgIpc) is 2.01. The van der Waals surface area contributed by atoms with Crippen molar-refractivity contribution < 1.29 is 9.90 Å². The molecule has 4 heteroatoms. The van der Waals surface area contributed by atoms with Crippen molar-refractivity contribution in [2.24, 2.45) is 0 Å². The molecule has 0 amide bonds. The number of anilines is 1. The number of carboxylic acid groups (broad SMARTS) is 1. The zero-order valence-corrected chi connectivity index (χ0v) is 8.59. The molecule has 0 saturated carbocycles. The molecule has 0 aliphatic carbocycles. The number of carboxylic acids is 1. The molecule has 0 radical (unpaired) electrons. The lowest BCUT2D eigenvalue weighted by molar-refractivity contribution is 0.0695. The van der Waals surface area contributed by atoms with Crippen LogP contribution in [0.4, 0.5) is 5.82 Å². The van der Waals surface area contributed by atoms with Crippen LogP contribution >= 0.6 is 0 Å². The van der Waals surface area contributed by atoms with Gasteiger partial charge in [-0.2, -0.15) is 0 Å². The van der Waals surface area contributed by atoms with Gasteiger partial charge in [0, 0.05) is 6.54 Å². The van der Waals surface area contributed by atoms with E-state index in [0.717, 1.165) is 17.9 Å². The largest absolute Gasteiger partial charge is 0.478 e. The molecule has 1 heterocycles. The van der Waals surface area contributed by atoms with Crippen molar-refractivity contribution in [3.63, 3.8) is 0 Å². The van der Waals surface area contributed by atoms with Crippen molar-refractivity contribution in [1.82, 2.24) is 4.98 Å². The van der Waals surface area contributed by atoms with Gasteiger partial charge in [0.15, 0.2) is 0 Å². The van der Waals surface area contributed by atoms with Gasteiger partial charge in [0.1, 0.15) is 5.82 Å². The fourth-order valence-electron chi connectivity index (χ4n) is 1.43. The summed E-state index contributed by atoms with van der Waals surface area (Å²) in [6, 6.07) is 1.75. The second kappa shape index (κ2) is 4.09. The molecule has 0 unspecified atom stereocenters. The molecule has 0 aromatic carbocycles. The van der Waals surface area contributed by atoms with Gasteiger partial charge >= 0.3 is 5.97 Å². The smallest absolute Gasteiger partial charge is 0.337 e. The lowest BCUT2D eigenvalue weighted by Gasteiger charge is -2.08. The van der Waals surface area contributed by atoms with Gasteiger partial charge < -0.3 is 10.4 Å². The molecule has 76 valence electrons. The Labute approximate surface area is 83.0 Å². The van der Waals surface area contributed by atoms with Crippen molar-refractivity contribution in [2.45, 2.75) is 20.8 Å². The highest BCUT2D eigenvalue weighted by atomic mass is 16.4. The predicted octanol–water partition coefficient (Wildman–Crippen LogP) is 1.83. The Kier molecular flexibility index (Phi) is 3.06. The SMILES string of the molecule is CCNc1cc(C)c(C(=O)O)c(C)n1. The first-order chi connectivity index (χ1) is 6.56. The fraction of sp³-hybridized carbons (Fsp3) is 0.400. The summed E-state index contributed by atoms with van der Waals surface area (Å²) < 4.78 is 0. The fourth-order valence-corrected chi connectivity index (χ4v) is 1.43. The van der Waals surface area contributed by atoms with Gasteiger partial charge in [0.25, 0.3) is 0 Å². The Balaban J connectivity index is 3.18. The molecular formula is C10H14N2O2. The highest BCUT2D eigenvalue weighted by molar-refractivity contribution is 5.90. The quantitative estimate of drug-likeness (QED) is 0.770. The van der Waals surface area contributed by atoms with Crippen LogP contribution in [0.3, 0.4) is 0 Å². The molecule has 0 atom stereocenters. The summed E-state index contributed by atoms with van der Waals surface area (Å²) in [5, 5.41) is 12.0. The number of hydrogen-bond donors (Lipinski definition) is 2. The normalized spacial score (nSPS) is 9.93. The van der Waals surface area contributed by atoms with E-state index in [9.17, 15) is 4.79 Å². The molecule has 1 aromatic rings. The van der Waals surface area contributed by atoms with E-state index < -0.39 is 5.97 Å². The number of hydrogen-bond acceptors (Lipinski definition) is 3. The van der Waals surface area contributed by atoms with E-state index in [4.69, 9.17) is 5.11 Å². The molecule has 0 fully saturated rings. The molecule has 14 heavy (non-hydrogen) atoms. The number of rotatable bonds is 3. The first-order valence-electron chi connectivity index (χ1n) is 4.51. The molecule has 4 nitrogen and oxygen atoms in total.